The number of carbonyl (C=O) groups excluding carboxylic acids is 2. The summed E-state index contributed by atoms with van der Waals surface area (Å²) in [6.07, 6.45) is 0. The fourth-order valence-electron chi connectivity index (χ4n) is 2.64. The molecule has 0 fully saturated rings. The highest BCUT2D eigenvalue weighted by Crippen LogP contribution is 2.30. The van der Waals surface area contributed by atoms with Crippen molar-refractivity contribution in [3.8, 4) is 5.75 Å². The molecule has 0 unspecified atom stereocenters. The highest BCUT2D eigenvalue weighted by atomic mass is 35.5. The molecule has 0 aliphatic heterocycles. The number of anilines is 2. The van der Waals surface area contributed by atoms with Crippen molar-refractivity contribution in [3.63, 3.8) is 0 Å². The van der Waals surface area contributed by atoms with Gasteiger partial charge in [-0.2, -0.15) is 0 Å². The van der Waals surface area contributed by atoms with Crippen LogP contribution in [0, 0.1) is 11.6 Å². The average Bonchev–Trinajstić information content (AvgIpc) is 2.70. The standard InChI is InChI=1S/C21H13Cl3F2N2O3/c1-31-19-5-3-11(27-21(30)13-8-17(26)15(24)9-14(13)23)7-18(19)28-20(29)12-4-2-10(22)6-16(12)25/h2-9H,1H3,(H,27,30)(H,28,29). The lowest BCUT2D eigenvalue weighted by atomic mass is 10.1. The third kappa shape index (κ3) is 5.25. The van der Waals surface area contributed by atoms with Crippen molar-refractivity contribution in [2.75, 3.05) is 17.7 Å². The predicted molar refractivity (Wildman–Crippen MR) is 117 cm³/mol. The molecule has 0 saturated carbocycles. The van der Waals surface area contributed by atoms with Gasteiger partial charge in [0.2, 0.25) is 0 Å². The van der Waals surface area contributed by atoms with E-state index in [-0.39, 0.29) is 43.3 Å². The molecule has 2 N–H and O–H groups in total. The second-order valence-electron chi connectivity index (χ2n) is 6.19. The maximum atomic E-state index is 14.0. The van der Waals surface area contributed by atoms with Gasteiger partial charge in [-0.25, -0.2) is 8.78 Å². The maximum Gasteiger partial charge on any atom is 0.258 e. The number of carbonyl (C=O) groups is 2. The van der Waals surface area contributed by atoms with Crippen LogP contribution in [-0.4, -0.2) is 18.9 Å². The minimum atomic E-state index is -0.802. The molecular weight excluding hydrogens is 473 g/mol. The highest BCUT2D eigenvalue weighted by Gasteiger charge is 2.17. The number of nitrogens with one attached hydrogen (secondary N) is 2. The van der Waals surface area contributed by atoms with E-state index < -0.39 is 23.4 Å². The minimum absolute atomic E-state index is 0.0378. The summed E-state index contributed by atoms with van der Waals surface area (Å²) in [5.41, 5.74) is 0.0367. The van der Waals surface area contributed by atoms with E-state index in [4.69, 9.17) is 39.5 Å². The van der Waals surface area contributed by atoms with Gasteiger partial charge in [-0.15, -0.1) is 0 Å². The van der Waals surface area contributed by atoms with E-state index in [0.717, 1.165) is 18.2 Å². The minimum Gasteiger partial charge on any atom is -0.495 e. The number of hydrogen-bond acceptors (Lipinski definition) is 3. The van der Waals surface area contributed by atoms with Crippen LogP contribution in [0.1, 0.15) is 20.7 Å². The molecule has 5 nitrogen and oxygen atoms in total. The van der Waals surface area contributed by atoms with E-state index in [0.29, 0.717) is 0 Å². The third-order valence-corrected chi connectivity index (χ3v) is 4.97. The Morgan fingerprint density at radius 1 is 0.806 bits per heavy atom. The largest absolute Gasteiger partial charge is 0.495 e. The molecule has 0 spiro atoms. The Bertz CT molecular complexity index is 1190. The summed E-state index contributed by atoms with van der Waals surface area (Å²) in [6.45, 7) is 0. The number of benzene rings is 3. The van der Waals surface area contributed by atoms with Gasteiger partial charge in [0, 0.05) is 10.7 Å². The van der Waals surface area contributed by atoms with Gasteiger partial charge in [-0.3, -0.25) is 9.59 Å². The van der Waals surface area contributed by atoms with Crippen molar-refractivity contribution in [1.29, 1.82) is 0 Å². The Morgan fingerprint density at radius 2 is 1.52 bits per heavy atom. The first-order valence-corrected chi connectivity index (χ1v) is 9.73. The van der Waals surface area contributed by atoms with Gasteiger partial charge in [-0.05, 0) is 48.5 Å². The molecule has 0 atom stereocenters. The van der Waals surface area contributed by atoms with Crippen LogP contribution >= 0.6 is 34.8 Å². The maximum absolute atomic E-state index is 14.0. The van der Waals surface area contributed by atoms with Crippen LogP contribution in [-0.2, 0) is 0 Å². The molecule has 31 heavy (non-hydrogen) atoms. The van der Waals surface area contributed by atoms with Gasteiger partial charge in [0.25, 0.3) is 11.8 Å². The van der Waals surface area contributed by atoms with Crippen LogP contribution in [0.5, 0.6) is 5.75 Å². The first-order valence-electron chi connectivity index (χ1n) is 8.60. The molecule has 0 bridgehead atoms. The molecule has 0 heterocycles. The fraction of sp³-hybridized carbons (Fsp3) is 0.0476. The Kier molecular flexibility index (Phi) is 7.00. The Labute approximate surface area is 190 Å². The van der Waals surface area contributed by atoms with Gasteiger partial charge in [-0.1, -0.05) is 34.8 Å². The van der Waals surface area contributed by atoms with Crippen molar-refractivity contribution in [2.45, 2.75) is 0 Å². The molecular formula is C21H13Cl3F2N2O3. The summed E-state index contributed by atoms with van der Waals surface area (Å²) in [4.78, 5) is 25.0. The van der Waals surface area contributed by atoms with Gasteiger partial charge in [0.15, 0.2) is 0 Å². The highest BCUT2D eigenvalue weighted by molar-refractivity contribution is 6.37. The zero-order valence-corrected chi connectivity index (χ0v) is 18.0. The molecule has 10 heteroatoms. The number of ether oxygens (including phenoxy) is 1. The second-order valence-corrected chi connectivity index (χ2v) is 7.44. The molecule has 0 aromatic heterocycles. The lowest BCUT2D eigenvalue weighted by Crippen LogP contribution is -2.16. The van der Waals surface area contributed by atoms with Gasteiger partial charge in [0.1, 0.15) is 17.4 Å². The summed E-state index contributed by atoms with van der Waals surface area (Å²) >= 11 is 17.3. The number of methoxy groups -OCH3 is 1. The third-order valence-electron chi connectivity index (χ3n) is 4.14. The van der Waals surface area contributed by atoms with E-state index in [1.807, 2.05) is 0 Å². The lowest BCUT2D eigenvalue weighted by molar-refractivity contribution is 0.101. The normalized spacial score (nSPS) is 10.5. The van der Waals surface area contributed by atoms with E-state index in [1.165, 1.54) is 37.4 Å². The fourth-order valence-corrected chi connectivity index (χ4v) is 3.27. The molecule has 160 valence electrons. The van der Waals surface area contributed by atoms with Gasteiger partial charge in [0.05, 0.1) is 34.0 Å². The molecule has 0 aliphatic rings. The summed E-state index contributed by atoms with van der Waals surface area (Å²) in [6, 6.07) is 10.0. The number of halogens is 5. The monoisotopic (exact) mass is 484 g/mol. The van der Waals surface area contributed by atoms with Crippen LogP contribution in [0.4, 0.5) is 20.2 Å². The number of amides is 2. The molecule has 3 aromatic rings. The Balaban J connectivity index is 1.86. The summed E-state index contributed by atoms with van der Waals surface area (Å²) in [5.74, 6) is -2.79. The van der Waals surface area contributed by atoms with Crippen LogP contribution in [0.15, 0.2) is 48.5 Å². The van der Waals surface area contributed by atoms with E-state index in [1.54, 1.807) is 0 Å². The SMILES string of the molecule is COc1ccc(NC(=O)c2cc(F)c(Cl)cc2Cl)cc1NC(=O)c1ccc(Cl)cc1F. The quantitative estimate of drug-likeness (QED) is 0.409. The van der Waals surface area contributed by atoms with E-state index in [9.17, 15) is 18.4 Å². The topological polar surface area (TPSA) is 67.4 Å². The average molecular weight is 486 g/mol. The van der Waals surface area contributed by atoms with Crippen molar-refractivity contribution in [2.24, 2.45) is 0 Å². The molecule has 2 amide bonds. The number of rotatable bonds is 5. The Morgan fingerprint density at radius 3 is 2.19 bits per heavy atom. The van der Waals surface area contributed by atoms with Crippen LogP contribution < -0.4 is 15.4 Å². The first-order chi connectivity index (χ1) is 14.7. The predicted octanol–water partition coefficient (Wildman–Crippen LogP) is 6.44. The first kappa shape index (κ1) is 22.8. The van der Waals surface area contributed by atoms with E-state index in [2.05, 4.69) is 10.6 Å². The van der Waals surface area contributed by atoms with Crippen molar-refractivity contribution < 1.29 is 23.1 Å². The summed E-state index contributed by atoms with van der Waals surface area (Å²) in [7, 11) is 1.38. The lowest BCUT2D eigenvalue weighted by Gasteiger charge is -2.14. The zero-order valence-electron chi connectivity index (χ0n) is 15.7. The van der Waals surface area contributed by atoms with Crippen LogP contribution in [0.3, 0.4) is 0 Å². The molecule has 0 aliphatic carbocycles. The van der Waals surface area contributed by atoms with Crippen molar-refractivity contribution in [3.05, 3.63) is 86.4 Å². The zero-order chi connectivity index (χ0) is 22.7. The smallest absolute Gasteiger partial charge is 0.258 e. The van der Waals surface area contributed by atoms with Crippen LogP contribution in [0.2, 0.25) is 15.1 Å². The molecule has 3 rings (SSSR count). The second kappa shape index (κ2) is 9.51. The molecule has 0 saturated heterocycles. The van der Waals surface area contributed by atoms with Crippen molar-refractivity contribution in [1.82, 2.24) is 0 Å². The number of hydrogen-bond donors (Lipinski definition) is 2. The summed E-state index contributed by atoms with van der Waals surface area (Å²) in [5, 5.41) is 4.95. The van der Waals surface area contributed by atoms with E-state index >= 15 is 0 Å². The molecule has 3 aromatic carbocycles. The van der Waals surface area contributed by atoms with Gasteiger partial charge < -0.3 is 15.4 Å². The van der Waals surface area contributed by atoms with Gasteiger partial charge >= 0.3 is 0 Å². The molecule has 0 radical (unpaired) electrons. The van der Waals surface area contributed by atoms with Crippen LogP contribution in [0.25, 0.3) is 0 Å². The Hall–Kier alpha value is -2.87. The summed E-state index contributed by atoms with van der Waals surface area (Å²) < 4.78 is 32.9. The van der Waals surface area contributed by atoms with Crippen molar-refractivity contribution >= 4 is 58.0 Å².